The molecule has 0 aliphatic carbocycles. The second-order valence-corrected chi connectivity index (χ2v) is 1.35. The molecule has 0 saturated heterocycles. The summed E-state index contributed by atoms with van der Waals surface area (Å²) < 4.78 is 34.4. The molecule has 0 radical (unpaired) electrons. The number of hydrogen-bond acceptors (Lipinski definition) is 3. The molecule has 0 aromatic carbocycles. The fourth-order valence-electron chi connectivity index (χ4n) is 0.375. The molecule has 52 valence electrons. The first-order valence-corrected chi connectivity index (χ1v) is 2.09. The minimum Gasteiger partial charge on any atom is -0.242 e. The minimum atomic E-state index is -4.46. The fourth-order valence-corrected chi connectivity index (χ4v) is 0.375. The second-order valence-electron chi connectivity index (χ2n) is 1.35. The highest BCUT2D eigenvalue weighted by atomic mass is 19.4. The molecule has 1 aliphatic heterocycles. The van der Waals surface area contributed by atoms with Gasteiger partial charge in [-0.05, 0) is 0 Å². The van der Waals surface area contributed by atoms with Crippen LogP contribution in [0.15, 0.2) is 4.99 Å². The Balaban J connectivity index is 2.53. The normalized spacial score (nSPS) is 19.2. The number of rotatable bonds is 0. The first-order valence-electron chi connectivity index (χ1n) is 2.09. The largest absolute Gasteiger partial charge is 0.509 e. The second kappa shape index (κ2) is 1.87. The predicted molar refractivity (Wildman–Crippen MR) is 22.3 cm³/mol. The van der Waals surface area contributed by atoms with Crippen molar-refractivity contribution in [1.29, 1.82) is 0 Å². The Morgan fingerprint density at radius 1 is 1.56 bits per heavy atom. The number of hydrogen-bond donors (Lipinski definition) is 0. The lowest BCUT2D eigenvalue weighted by atomic mass is 11.0. The van der Waals surface area contributed by atoms with Gasteiger partial charge in [-0.3, -0.25) is 0 Å². The molecule has 0 atom stereocenters. The molecule has 0 N–H and O–H groups in total. The SMILES string of the molecule is FC(F)(F)N1C=NCO1. The van der Waals surface area contributed by atoms with Gasteiger partial charge in [-0.1, -0.05) is 0 Å². The molecule has 9 heavy (non-hydrogen) atoms. The molecule has 1 rings (SSSR count). The van der Waals surface area contributed by atoms with Gasteiger partial charge >= 0.3 is 6.30 Å². The van der Waals surface area contributed by atoms with E-state index in [4.69, 9.17) is 0 Å². The van der Waals surface area contributed by atoms with Gasteiger partial charge < -0.3 is 0 Å². The van der Waals surface area contributed by atoms with Crippen LogP contribution in [0.25, 0.3) is 0 Å². The van der Waals surface area contributed by atoms with E-state index in [-0.39, 0.29) is 11.8 Å². The summed E-state index contributed by atoms with van der Waals surface area (Å²) in [5, 5.41) is -0.243. The van der Waals surface area contributed by atoms with Crippen molar-refractivity contribution in [3.8, 4) is 0 Å². The molecule has 6 heteroatoms. The summed E-state index contributed by atoms with van der Waals surface area (Å²) in [5.74, 6) is 0. The maximum absolute atomic E-state index is 11.5. The Morgan fingerprint density at radius 2 is 2.22 bits per heavy atom. The van der Waals surface area contributed by atoms with Crippen molar-refractivity contribution in [3.05, 3.63) is 0 Å². The Morgan fingerprint density at radius 3 is 2.44 bits per heavy atom. The van der Waals surface area contributed by atoms with Crippen molar-refractivity contribution in [2.75, 3.05) is 6.73 Å². The lowest BCUT2D eigenvalue weighted by molar-refractivity contribution is -0.323. The van der Waals surface area contributed by atoms with Gasteiger partial charge in [-0.15, -0.1) is 18.2 Å². The van der Waals surface area contributed by atoms with Crippen LogP contribution >= 0.6 is 0 Å². The van der Waals surface area contributed by atoms with E-state index in [0.29, 0.717) is 6.34 Å². The zero-order valence-electron chi connectivity index (χ0n) is 4.22. The van der Waals surface area contributed by atoms with Gasteiger partial charge in [-0.2, -0.15) is 0 Å². The molecule has 3 nitrogen and oxygen atoms in total. The summed E-state index contributed by atoms with van der Waals surface area (Å²) in [5.41, 5.74) is 0. The number of nitrogens with zero attached hydrogens (tertiary/aromatic N) is 2. The summed E-state index contributed by atoms with van der Waals surface area (Å²) in [6.45, 7) is -0.250. The summed E-state index contributed by atoms with van der Waals surface area (Å²) in [6, 6.07) is 0. The number of alkyl halides is 3. The van der Waals surface area contributed by atoms with Crippen molar-refractivity contribution in [2.45, 2.75) is 6.30 Å². The van der Waals surface area contributed by atoms with E-state index in [1.807, 2.05) is 0 Å². The maximum Gasteiger partial charge on any atom is 0.509 e. The van der Waals surface area contributed by atoms with Crippen molar-refractivity contribution < 1.29 is 18.0 Å². The Hall–Kier alpha value is -0.780. The number of halogens is 3. The highest BCUT2D eigenvalue weighted by Crippen LogP contribution is 2.21. The van der Waals surface area contributed by atoms with Gasteiger partial charge in [0.2, 0.25) is 0 Å². The number of hydroxylamine groups is 2. The van der Waals surface area contributed by atoms with E-state index in [2.05, 4.69) is 9.83 Å². The maximum atomic E-state index is 11.5. The third-order valence-electron chi connectivity index (χ3n) is 0.708. The van der Waals surface area contributed by atoms with Crippen LogP contribution in [0.4, 0.5) is 13.2 Å². The molecule has 0 bridgehead atoms. The van der Waals surface area contributed by atoms with Crippen LogP contribution < -0.4 is 0 Å². The highest BCUT2D eigenvalue weighted by molar-refractivity contribution is 5.54. The van der Waals surface area contributed by atoms with Crippen LogP contribution in [0, 0.1) is 0 Å². The molecular weight excluding hydrogens is 137 g/mol. The molecular formula is C3H3F3N2O. The first kappa shape index (κ1) is 6.34. The van der Waals surface area contributed by atoms with Crippen LogP contribution in [-0.2, 0) is 4.84 Å². The third-order valence-corrected chi connectivity index (χ3v) is 0.708. The molecule has 0 unspecified atom stereocenters. The lowest BCUT2D eigenvalue weighted by Crippen LogP contribution is -2.33. The Bertz CT molecular complexity index is 132. The minimum absolute atomic E-state index is 0.243. The molecule has 1 heterocycles. The molecule has 0 amide bonds. The fraction of sp³-hybridized carbons (Fsp3) is 0.667. The molecule has 0 aromatic rings. The van der Waals surface area contributed by atoms with E-state index >= 15 is 0 Å². The van der Waals surface area contributed by atoms with Gasteiger partial charge in [0.25, 0.3) is 0 Å². The van der Waals surface area contributed by atoms with E-state index < -0.39 is 6.30 Å². The Labute approximate surface area is 48.7 Å². The van der Waals surface area contributed by atoms with Crippen LogP contribution in [0.5, 0.6) is 0 Å². The van der Waals surface area contributed by atoms with E-state index in [1.165, 1.54) is 0 Å². The smallest absolute Gasteiger partial charge is 0.242 e. The predicted octanol–water partition coefficient (Wildman–Crippen LogP) is 0.739. The van der Waals surface area contributed by atoms with Gasteiger partial charge in [0, 0.05) is 0 Å². The summed E-state index contributed by atoms with van der Waals surface area (Å²) in [7, 11) is 0. The van der Waals surface area contributed by atoms with Gasteiger partial charge in [0.15, 0.2) is 6.73 Å². The van der Waals surface area contributed by atoms with E-state index in [9.17, 15) is 13.2 Å². The zero-order chi connectivity index (χ0) is 6.91. The van der Waals surface area contributed by atoms with Crippen LogP contribution in [0.2, 0.25) is 0 Å². The first-order chi connectivity index (χ1) is 4.11. The van der Waals surface area contributed by atoms with Gasteiger partial charge in [-0.25, -0.2) is 9.83 Å². The summed E-state index contributed by atoms with van der Waals surface area (Å²) >= 11 is 0. The van der Waals surface area contributed by atoms with E-state index in [0.717, 1.165) is 0 Å². The van der Waals surface area contributed by atoms with Crippen molar-refractivity contribution in [3.63, 3.8) is 0 Å². The van der Waals surface area contributed by atoms with Gasteiger partial charge in [0.05, 0.1) is 0 Å². The Kier molecular flexibility index (Phi) is 1.32. The van der Waals surface area contributed by atoms with Gasteiger partial charge in [0.1, 0.15) is 6.34 Å². The van der Waals surface area contributed by atoms with Crippen molar-refractivity contribution in [1.82, 2.24) is 5.06 Å². The summed E-state index contributed by atoms with van der Waals surface area (Å²) in [4.78, 5) is 7.19. The average Bonchev–Trinajstić information content (AvgIpc) is 2.08. The molecule has 1 aliphatic rings. The average molecular weight is 140 g/mol. The quantitative estimate of drug-likeness (QED) is 0.463. The van der Waals surface area contributed by atoms with E-state index in [1.54, 1.807) is 0 Å². The highest BCUT2D eigenvalue weighted by Gasteiger charge is 2.38. The lowest BCUT2D eigenvalue weighted by Gasteiger charge is -2.14. The summed E-state index contributed by atoms with van der Waals surface area (Å²) in [6.07, 6.45) is -3.86. The molecule has 0 spiro atoms. The third kappa shape index (κ3) is 1.32. The van der Waals surface area contributed by atoms with Crippen LogP contribution in [0.1, 0.15) is 0 Å². The molecule has 0 saturated carbocycles. The zero-order valence-corrected chi connectivity index (χ0v) is 4.22. The number of aliphatic imine (C=N–C) groups is 1. The van der Waals surface area contributed by atoms with Crippen molar-refractivity contribution in [2.24, 2.45) is 4.99 Å². The standard InChI is InChI=1S/C3H3F3N2O/c4-3(5,6)8-1-7-2-9-8/h1H,2H2. The monoisotopic (exact) mass is 140 g/mol. The molecule has 0 aromatic heterocycles. The topological polar surface area (TPSA) is 24.8 Å². The van der Waals surface area contributed by atoms with Crippen LogP contribution in [0.3, 0.4) is 0 Å². The van der Waals surface area contributed by atoms with Crippen molar-refractivity contribution >= 4 is 6.34 Å². The molecule has 0 fully saturated rings. The van der Waals surface area contributed by atoms with Crippen LogP contribution in [-0.4, -0.2) is 24.4 Å².